The van der Waals surface area contributed by atoms with Crippen LogP contribution in [0.4, 0.5) is 0 Å². The molecule has 554 valence electrons. The molecule has 0 aliphatic rings. The Labute approximate surface area is 598 Å². The minimum absolute atomic E-state index is 0.182. The van der Waals surface area contributed by atoms with Gasteiger partial charge in [-0.2, -0.15) is 0 Å². The first-order valence-corrected chi connectivity index (χ1v) is 40.0. The molecular weight excluding hydrogens is 1200 g/mol. The van der Waals surface area contributed by atoms with Gasteiger partial charge in [-0.1, -0.05) is 352 Å². The molecule has 0 saturated heterocycles. The fourth-order valence-electron chi connectivity index (χ4n) is 11.1. The number of allylic oxidation sites excluding steroid dienone is 24. The lowest BCUT2D eigenvalue weighted by atomic mass is 10.0. The summed E-state index contributed by atoms with van der Waals surface area (Å²) in [4.78, 5) is 37.8. The van der Waals surface area contributed by atoms with Crippen molar-refractivity contribution in [2.45, 2.75) is 347 Å². The number of rotatable bonds is 73. The van der Waals surface area contributed by atoms with Gasteiger partial charge in [0, 0.05) is 12.8 Å². The molecule has 0 saturated carbocycles. The SMILES string of the molecule is CC/C=C\C/C=C\C/C=C\C/C=C\C/C=C\C/C=C\C/C=C\C/C=C\CCCCCCCCCCCCC(=O)OC(COC(=O)CCCCCCCCCCCCCCCCCCCCCCCCCC/C=C\C/C=C\C/C=C\C/C=C\CC)COC(OCC[N+](C)(C)C)C(=O)O. The second kappa shape index (κ2) is 76.9. The normalized spacial score (nSPS) is 13.5. The molecule has 0 aliphatic heterocycles. The van der Waals surface area contributed by atoms with Gasteiger partial charge in [0.1, 0.15) is 13.2 Å². The van der Waals surface area contributed by atoms with E-state index < -0.39 is 24.3 Å². The summed E-state index contributed by atoms with van der Waals surface area (Å²) in [6.07, 6.45) is 110. The van der Waals surface area contributed by atoms with E-state index in [1.165, 1.54) is 180 Å². The molecule has 0 spiro atoms. The zero-order valence-corrected chi connectivity index (χ0v) is 63.4. The molecule has 9 nitrogen and oxygen atoms in total. The van der Waals surface area contributed by atoms with Crippen molar-refractivity contribution in [3.8, 4) is 0 Å². The van der Waals surface area contributed by atoms with Crippen LogP contribution in [0.25, 0.3) is 0 Å². The second-order valence-corrected chi connectivity index (χ2v) is 27.6. The van der Waals surface area contributed by atoms with Gasteiger partial charge >= 0.3 is 17.9 Å². The first-order chi connectivity index (χ1) is 47.6. The number of aliphatic carboxylic acids is 1. The molecule has 0 aromatic rings. The fourth-order valence-corrected chi connectivity index (χ4v) is 11.1. The van der Waals surface area contributed by atoms with Crippen LogP contribution in [0.3, 0.4) is 0 Å². The molecule has 0 rings (SSSR count). The van der Waals surface area contributed by atoms with Crippen LogP contribution in [0, 0.1) is 0 Å². The average molecular weight is 1350 g/mol. The highest BCUT2D eigenvalue weighted by molar-refractivity contribution is 5.71. The van der Waals surface area contributed by atoms with E-state index in [9.17, 15) is 19.5 Å². The van der Waals surface area contributed by atoms with Crippen LogP contribution in [0.15, 0.2) is 146 Å². The minimum atomic E-state index is -1.52. The zero-order valence-electron chi connectivity index (χ0n) is 63.4. The van der Waals surface area contributed by atoms with E-state index in [-0.39, 0.29) is 32.2 Å². The molecule has 2 atom stereocenters. The lowest BCUT2D eigenvalue weighted by Gasteiger charge is -2.25. The van der Waals surface area contributed by atoms with E-state index in [2.05, 4.69) is 160 Å². The molecule has 0 aliphatic carbocycles. The van der Waals surface area contributed by atoms with Crippen LogP contribution in [0.5, 0.6) is 0 Å². The van der Waals surface area contributed by atoms with Crippen molar-refractivity contribution >= 4 is 17.9 Å². The van der Waals surface area contributed by atoms with E-state index in [0.717, 1.165) is 122 Å². The van der Waals surface area contributed by atoms with E-state index in [1.54, 1.807) is 0 Å². The number of quaternary nitrogens is 1. The summed E-state index contributed by atoms with van der Waals surface area (Å²) in [5.41, 5.74) is 0. The summed E-state index contributed by atoms with van der Waals surface area (Å²) in [6, 6.07) is 0. The predicted octanol–water partition coefficient (Wildman–Crippen LogP) is 25.8. The second-order valence-electron chi connectivity index (χ2n) is 27.6. The Kier molecular flexibility index (Phi) is 73.1. The maximum absolute atomic E-state index is 13.0. The first-order valence-electron chi connectivity index (χ1n) is 40.0. The van der Waals surface area contributed by atoms with Crippen LogP contribution in [0.2, 0.25) is 0 Å². The topological polar surface area (TPSA) is 108 Å². The molecule has 97 heavy (non-hydrogen) atoms. The molecule has 2 unspecified atom stereocenters. The smallest absolute Gasteiger partial charge is 0.361 e. The Morgan fingerprint density at radius 3 is 0.825 bits per heavy atom. The monoisotopic (exact) mass is 1350 g/mol. The summed E-state index contributed by atoms with van der Waals surface area (Å²) in [5, 5.41) is 9.78. The fraction of sp³-hybridized carbons (Fsp3) is 0.693. The Bertz CT molecular complexity index is 2110. The van der Waals surface area contributed by atoms with Crippen LogP contribution in [0.1, 0.15) is 335 Å². The Balaban J connectivity index is 4.05. The van der Waals surface area contributed by atoms with Gasteiger partial charge in [0.2, 0.25) is 0 Å². The number of hydrogen-bond acceptors (Lipinski definition) is 7. The third kappa shape index (κ3) is 78.4. The number of carboxylic acid groups (broad SMARTS) is 1. The van der Waals surface area contributed by atoms with Crippen molar-refractivity contribution in [2.24, 2.45) is 0 Å². The molecule has 1 N–H and O–H groups in total. The summed E-state index contributed by atoms with van der Waals surface area (Å²) in [5.74, 6) is -2.00. The maximum atomic E-state index is 13.0. The lowest BCUT2D eigenvalue weighted by Crippen LogP contribution is -2.40. The summed E-state index contributed by atoms with van der Waals surface area (Å²) in [7, 11) is 5.98. The Hall–Kier alpha value is -4.83. The third-order valence-electron chi connectivity index (χ3n) is 17.1. The highest BCUT2D eigenvalue weighted by atomic mass is 16.7. The van der Waals surface area contributed by atoms with Crippen LogP contribution < -0.4 is 0 Å². The molecule has 0 radical (unpaired) electrons. The van der Waals surface area contributed by atoms with Gasteiger partial charge in [0.15, 0.2) is 6.10 Å². The summed E-state index contributed by atoms with van der Waals surface area (Å²) in [6.45, 7) is 4.67. The van der Waals surface area contributed by atoms with Gasteiger partial charge in [-0.3, -0.25) is 9.59 Å². The molecule has 0 heterocycles. The average Bonchev–Trinajstić information content (AvgIpc) is 3.74. The highest BCUT2D eigenvalue weighted by Gasteiger charge is 2.25. The molecule has 0 amide bonds. The van der Waals surface area contributed by atoms with Crippen molar-refractivity contribution in [1.29, 1.82) is 0 Å². The Morgan fingerprint density at radius 2 is 0.557 bits per heavy atom. The summed E-state index contributed by atoms with van der Waals surface area (Å²) < 4.78 is 23.0. The quantitative estimate of drug-likeness (QED) is 0.0211. The van der Waals surface area contributed by atoms with Crippen molar-refractivity contribution in [1.82, 2.24) is 0 Å². The van der Waals surface area contributed by atoms with Gasteiger partial charge in [-0.15, -0.1) is 0 Å². The van der Waals surface area contributed by atoms with Gasteiger partial charge < -0.3 is 28.5 Å². The number of esters is 2. The van der Waals surface area contributed by atoms with Crippen molar-refractivity contribution in [3.05, 3.63) is 146 Å². The maximum Gasteiger partial charge on any atom is 0.361 e. The minimum Gasteiger partial charge on any atom is -0.477 e. The van der Waals surface area contributed by atoms with Crippen LogP contribution >= 0.6 is 0 Å². The molecule has 0 aromatic carbocycles. The van der Waals surface area contributed by atoms with E-state index in [4.69, 9.17) is 18.9 Å². The van der Waals surface area contributed by atoms with Crippen LogP contribution in [-0.4, -0.2) is 87.4 Å². The number of carbonyl (C=O) groups excluding carboxylic acids is 2. The number of hydrogen-bond donors (Lipinski definition) is 1. The van der Waals surface area contributed by atoms with Gasteiger partial charge in [-0.25, -0.2) is 4.79 Å². The standard InChI is InChI=1S/C88H149NO8/c1-6-8-10-12-14-16-18-20-22-24-26-28-30-32-34-36-38-40-42-43-45-46-48-50-52-54-56-58-60-62-64-66-68-70-72-74-76-78-85(90)95-82-84(83-96-88(87(92)93)94-81-80-89(3,4)5)97-86(91)79-77-75-73-71-69-67-65-63-61-59-57-55-53-51-49-47-44-41-39-37-35-33-31-29-27-25-23-21-19-17-15-13-11-9-7-2/h8-11,14-17,20-23,26-29,33,35,39,41,47,49,53,55,84,88H,6-7,12-13,18-19,24-25,30-32,34,36-38,40,42-46,48,50-52,54,56-83H2,1-5H3/p+1/b10-8-,11-9-,16-14-,17-15-,22-20-,23-21-,28-26-,29-27-,35-33-,41-39-,49-47-,55-53-. The van der Waals surface area contributed by atoms with E-state index >= 15 is 0 Å². The molecule has 0 bridgehead atoms. The number of carboxylic acids is 1. The third-order valence-corrected chi connectivity index (χ3v) is 17.1. The van der Waals surface area contributed by atoms with Crippen LogP contribution in [-0.2, 0) is 33.3 Å². The number of nitrogens with zero attached hydrogens (tertiary/aromatic N) is 1. The number of unbranched alkanes of at least 4 members (excludes halogenated alkanes) is 34. The molecular formula is C88H150NO8+. The molecule has 9 heteroatoms. The van der Waals surface area contributed by atoms with Crippen molar-refractivity contribution in [2.75, 3.05) is 47.5 Å². The largest absolute Gasteiger partial charge is 0.477 e. The Morgan fingerprint density at radius 1 is 0.309 bits per heavy atom. The van der Waals surface area contributed by atoms with E-state index in [1.807, 2.05) is 21.1 Å². The number of ether oxygens (including phenoxy) is 4. The predicted molar refractivity (Wildman–Crippen MR) is 419 cm³/mol. The van der Waals surface area contributed by atoms with Gasteiger partial charge in [0.05, 0.1) is 34.4 Å². The van der Waals surface area contributed by atoms with Crippen molar-refractivity contribution < 1.29 is 42.9 Å². The zero-order chi connectivity index (χ0) is 70.4. The first kappa shape index (κ1) is 92.2. The lowest BCUT2D eigenvalue weighted by molar-refractivity contribution is -0.870. The van der Waals surface area contributed by atoms with Crippen molar-refractivity contribution in [3.63, 3.8) is 0 Å². The van der Waals surface area contributed by atoms with Gasteiger partial charge in [0.25, 0.3) is 6.29 Å². The highest BCUT2D eigenvalue weighted by Crippen LogP contribution is 2.18. The van der Waals surface area contributed by atoms with E-state index in [0.29, 0.717) is 23.9 Å². The molecule has 0 aromatic heterocycles. The number of likely N-dealkylation sites (N-methyl/N-ethyl adjacent to an activating group) is 1. The number of carbonyl (C=O) groups is 3. The summed E-state index contributed by atoms with van der Waals surface area (Å²) >= 11 is 0. The molecule has 0 fully saturated rings. The van der Waals surface area contributed by atoms with Gasteiger partial charge in [-0.05, 0) is 116 Å².